The third-order valence-electron chi connectivity index (χ3n) is 5.03. The minimum absolute atomic E-state index is 0. The predicted molar refractivity (Wildman–Crippen MR) is 107 cm³/mol. The summed E-state index contributed by atoms with van der Waals surface area (Å²) in [5.74, 6) is 0.741. The number of hydrogen-bond acceptors (Lipinski definition) is 3. The van der Waals surface area contributed by atoms with Crippen LogP contribution in [0.2, 0.25) is 0 Å². The average molecular weight is 375 g/mol. The van der Waals surface area contributed by atoms with E-state index in [2.05, 4.69) is 34.9 Å². The van der Waals surface area contributed by atoms with Gasteiger partial charge in [0.1, 0.15) is 5.75 Å². The lowest BCUT2D eigenvalue weighted by Crippen LogP contribution is -2.45. The average Bonchev–Trinajstić information content (AvgIpc) is 2.65. The highest BCUT2D eigenvalue weighted by Crippen LogP contribution is 2.32. The van der Waals surface area contributed by atoms with E-state index in [1.54, 1.807) is 7.11 Å². The largest absolute Gasteiger partial charge is 0.496 e. The number of halogens is 1. The van der Waals surface area contributed by atoms with Gasteiger partial charge in [-0.3, -0.25) is 4.79 Å². The molecule has 0 fully saturated rings. The van der Waals surface area contributed by atoms with Crippen molar-refractivity contribution in [1.29, 1.82) is 0 Å². The molecule has 0 bridgehead atoms. The van der Waals surface area contributed by atoms with Crippen LogP contribution in [-0.4, -0.2) is 26.1 Å². The zero-order valence-corrected chi connectivity index (χ0v) is 16.4. The van der Waals surface area contributed by atoms with Crippen LogP contribution in [-0.2, 0) is 16.6 Å². The maximum atomic E-state index is 12.9. The van der Waals surface area contributed by atoms with Gasteiger partial charge in [-0.15, -0.1) is 12.4 Å². The first-order valence-corrected chi connectivity index (χ1v) is 8.77. The number of benzene rings is 2. The Balaban J connectivity index is 0.00000243. The van der Waals surface area contributed by atoms with Crippen molar-refractivity contribution < 1.29 is 9.53 Å². The number of hydrogen-bond donors (Lipinski definition) is 2. The van der Waals surface area contributed by atoms with Gasteiger partial charge in [0.15, 0.2) is 0 Å². The van der Waals surface area contributed by atoms with Crippen LogP contribution >= 0.6 is 12.4 Å². The molecule has 0 aliphatic carbocycles. The van der Waals surface area contributed by atoms with E-state index >= 15 is 0 Å². The van der Waals surface area contributed by atoms with E-state index in [4.69, 9.17) is 4.74 Å². The van der Waals surface area contributed by atoms with Gasteiger partial charge in [-0.2, -0.15) is 0 Å². The standard InChI is InChI=1S/C21H26N2O2.ClH/c1-21(2,17-10-6-7-11-19(17)25-3)20(24)23-14-18-16-9-5-4-8-15(16)12-13-22-18;/h4-11,18,22H,12-14H2,1-3H3,(H,23,24);1H. The monoisotopic (exact) mass is 374 g/mol. The number of para-hydroxylation sites is 1. The topological polar surface area (TPSA) is 50.4 Å². The van der Waals surface area contributed by atoms with E-state index in [9.17, 15) is 4.79 Å². The fourth-order valence-electron chi connectivity index (χ4n) is 3.47. The number of fused-ring (bicyclic) bond motifs is 1. The molecule has 0 spiro atoms. The van der Waals surface area contributed by atoms with Crippen molar-refractivity contribution in [2.24, 2.45) is 0 Å². The first kappa shape index (κ1) is 20.3. The molecule has 0 saturated carbocycles. The lowest BCUT2D eigenvalue weighted by atomic mass is 9.83. The quantitative estimate of drug-likeness (QED) is 0.843. The second kappa shape index (κ2) is 8.56. The summed E-state index contributed by atoms with van der Waals surface area (Å²) >= 11 is 0. The van der Waals surface area contributed by atoms with E-state index in [0.717, 1.165) is 24.3 Å². The van der Waals surface area contributed by atoms with Crippen LogP contribution in [0.4, 0.5) is 0 Å². The van der Waals surface area contributed by atoms with Crippen LogP contribution < -0.4 is 15.4 Å². The van der Waals surface area contributed by atoms with Gasteiger partial charge < -0.3 is 15.4 Å². The Kier molecular flexibility index (Phi) is 6.68. The van der Waals surface area contributed by atoms with E-state index < -0.39 is 5.41 Å². The van der Waals surface area contributed by atoms with E-state index in [-0.39, 0.29) is 24.4 Å². The molecule has 1 unspecified atom stereocenters. The Morgan fingerprint density at radius 2 is 1.88 bits per heavy atom. The summed E-state index contributed by atoms with van der Waals surface area (Å²) in [6.07, 6.45) is 1.04. The normalized spacial score (nSPS) is 16.2. The first-order valence-electron chi connectivity index (χ1n) is 8.77. The second-order valence-electron chi connectivity index (χ2n) is 6.99. The summed E-state index contributed by atoms with van der Waals surface area (Å²) in [6.45, 7) is 5.38. The third kappa shape index (κ3) is 4.02. The van der Waals surface area contributed by atoms with Gasteiger partial charge in [0, 0.05) is 18.2 Å². The highest BCUT2D eigenvalue weighted by atomic mass is 35.5. The van der Waals surface area contributed by atoms with Gasteiger partial charge in [-0.25, -0.2) is 0 Å². The van der Waals surface area contributed by atoms with Crippen molar-refractivity contribution in [1.82, 2.24) is 10.6 Å². The van der Waals surface area contributed by atoms with Gasteiger partial charge >= 0.3 is 0 Å². The lowest BCUT2D eigenvalue weighted by Gasteiger charge is -2.30. The first-order chi connectivity index (χ1) is 12.0. The van der Waals surface area contributed by atoms with Gasteiger partial charge in [0.25, 0.3) is 0 Å². The summed E-state index contributed by atoms with van der Waals surface area (Å²) in [6, 6.07) is 16.3. The van der Waals surface area contributed by atoms with Crippen molar-refractivity contribution in [3.05, 3.63) is 65.2 Å². The number of carbonyl (C=O) groups excluding carboxylic acids is 1. The van der Waals surface area contributed by atoms with E-state index in [1.165, 1.54) is 11.1 Å². The Hall–Kier alpha value is -2.04. The summed E-state index contributed by atoms with van der Waals surface area (Å²) < 4.78 is 5.43. The maximum Gasteiger partial charge on any atom is 0.230 e. The predicted octanol–water partition coefficient (Wildman–Crippen LogP) is 3.40. The molecule has 1 amide bonds. The maximum absolute atomic E-state index is 12.9. The summed E-state index contributed by atoms with van der Waals surface area (Å²) in [5.41, 5.74) is 2.88. The number of nitrogens with one attached hydrogen (secondary N) is 2. The van der Waals surface area contributed by atoms with Crippen molar-refractivity contribution in [3.8, 4) is 5.75 Å². The van der Waals surface area contributed by atoms with Gasteiger partial charge in [0.2, 0.25) is 5.91 Å². The number of rotatable bonds is 5. The summed E-state index contributed by atoms with van der Waals surface area (Å²) in [4.78, 5) is 12.9. The van der Waals surface area contributed by atoms with Crippen LogP contribution in [0.15, 0.2) is 48.5 Å². The lowest BCUT2D eigenvalue weighted by molar-refractivity contribution is -0.125. The summed E-state index contributed by atoms with van der Waals surface area (Å²) in [5, 5.41) is 6.63. The zero-order chi connectivity index (χ0) is 17.9. The molecule has 140 valence electrons. The van der Waals surface area contributed by atoms with Crippen molar-refractivity contribution >= 4 is 18.3 Å². The SMILES string of the molecule is COc1ccccc1C(C)(C)C(=O)NCC1NCCc2ccccc21.Cl. The summed E-state index contributed by atoms with van der Waals surface area (Å²) in [7, 11) is 1.63. The molecule has 0 saturated heterocycles. The Morgan fingerprint density at radius 3 is 2.65 bits per heavy atom. The molecule has 1 heterocycles. The molecule has 1 aliphatic heterocycles. The van der Waals surface area contributed by atoms with E-state index in [0.29, 0.717) is 6.54 Å². The molecule has 0 radical (unpaired) electrons. The molecule has 3 rings (SSSR count). The molecular weight excluding hydrogens is 348 g/mol. The number of carbonyl (C=O) groups is 1. The van der Waals surface area contributed by atoms with Crippen molar-refractivity contribution in [2.45, 2.75) is 31.7 Å². The van der Waals surface area contributed by atoms with Crippen molar-refractivity contribution in [2.75, 3.05) is 20.2 Å². The third-order valence-corrected chi connectivity index (χ3v) is 5.03. The Bertz CT molecular complexity index is 761. The fraction of sp³-hybridized carbons (Fsp3) is 0.381. The second-order valence-corrected chi connectivity index (χ2v) is 6.99. The van der Waals surface area contributed by atoms with Crippen LogP contribution in [0, 0.1) is 0 Å². The molecule has 4 nitrogen and oxygen atoms in total. The van der Waals surface area contributed by atoms with Crippen LogP contribution in [0.25, 0.3) is 0 Å². The molecule has 1 atom stereocenters. The van der Waals surface area contributed by atoms with Crippen molar-refractivity contribution in [3.63, 3.8) is 0 Å². The van der Waals surface area contributed by atoms with Gasteiger partial charge in [-0.1, -0.05) is 42.5 Å². The van der Waals surface area contributed by atoms with Crippen LogP contribution in [0.3, 0.4) is 0 Å². The molecule has 1 aliphatic rings. The van der Waals surface area contributed by atoms with Gasteiger partial charge in [0.05, 0.1) is 12.5 Å². The molecular formula is C21H27ClN2O2. The molecule has 5 heteroatoms. The Morgan fingerprint density at radius 1 is 1.19 bits per heavy atom. The fourth-order valence-corrected chi connectivity index (χ4v) is 3.47. The Labute approximate surface area is 161 Å². The molecule has 26 heavy (non-hydrogen) atoms. The number of ether oxygens (including phenoxy) is 1. The van der Waals surface area contributed by atoms with E-state index in [1.807, 2.05) is 38.1 Å². The number of amides is 1. The minimum atomic E-state index is -0.666. The number of methoxy groups -OCH3 is 1. The van der Waals surface area contributed by atoms with Crippen LogP contribution in [0.5, 0.6) is 5.75 Å². The highest BCUT2D eigenvalue weighted by Gasteiger charge is 2.33. The smallest absolute Gasteiger partial charge is 0.230 e. The zero-order valence-electron chi connectivity index (χ0n) is 15.5. The molecule has 2 N–H and O–H groups in total. The van der Waals surface area contributed by atoms with Gasteiger partial charge in [-0.05, 0) is 44.0 Å². The highest BCUT2D eigenvalue weighted by molar-refractivity contribution is 5.88. The minimum Gasteiger partial charge on any atom is -0.496 e. The molecule has 2 aromatic rings. The molecule has 2 aromatic carbocycles. The van der Waals surface area contributed by atoms with Crippen LogP contribution in [0.1, 0.15) is 36.6 Å². The molecule has 0 aromatic heterocycles.